The summed E-state index contributed by atoms with van der Waals surface area (Å²) in [5, 5.41) is 3.31. The van der Waals surface area contributed by atoms with Gasteiger partial charge in [-0.15, -0.1) is 0 Å². The van der Waals surface area contributed by atoms with Gasteiger partial charge < -0.3 is 10.1 Å². The number of carbonyl (C=O) groups excluding carboxylic acids is 1. The zero-order valence-electron chi connectivity index (χ0n) is 17.8. The van der Waals surface area contributed by atoms with Crippen LogP contribution in [0.2, 0.25) is 5.02 Å². The summed E-state index contributed by atoms with van der Waals surface area (Å²) in [5.41, 5.74) is 2.12. The van der Waals surface area contributed by atoms with Crippen molar-refractivity contribution < 1.29 is 17.9 Å². The highest BCUT2D eigenvalue weighted by atomic mass is 35.5. The average molecular weight is 486 g/mol. The summed E-state index contributed by atoms with van der Waals surface area (Å²) in [5.74, 6) is -0.409. The molecule has 172 valence electrons. The Morgan fingerprint density at radius 3 is 2.45 bits per heavy atom. The number of rotatable bonds is 7. The van der Waals surface area contributed by atoms with Gasteiger partial charge in [-0.1, -0.05) is 35.9 Å². The molecule has 1 saturated heterocycles. The number of morpholine rings is 1. The molecule has 9 heteroatoms. The molecule has 0 radical (unpaired) electrons. The van der Waals surface area contributed by atoms with E-state index < -0.39 is 15.9 Å². The number of nitrogens with zero attached hydrogens (tertiary/aromatic N) is 1. The minimum Gasteiger partial charge on any atom is -0.379 e. The largest absolute Gasteiger partial charge is 0.379 e. The second kappa shape index (κ2) is 10.4. The van der Waals surface area contributed by atoms with Gasteiger partial charge in [-0.2, -0.15) is 0 Å². The first-order chi connectivity index (χ1) is 15.9. The Kier molecular flexibility index (Phi) is 7.29. The Hall–Kier alpha value is -2.91. The van der Waals surface area contributed by atoms with Gasteiger partial charge in [0.15, 0.2) is 0 Å². The second-order valence-electron chi connectivity index (χ2n) is 7.65. The van der Waals surface area contributed by atoms with Crippen molar-refractivity contribution in [2.75, 3.05) is 36.3 Å². The van der Waals surface area contributed by atoms with E-state index in [1.165, 1.54) is 24.3 Å². The molecule has 1 fully saturated rings. The molecule has 1 aliphatic rings. The molecular weight excluding hydrogens is 462 g/mol. The molecule has 7 nitrogen and oxygen atoms in total. The third-order valence-corrected chi connectivity index (χ3v) is 6.87. The summed E-state index contributed by atoms with van der Waals surface area (Å²) < 4.78 is 33.5. The van der Waals surface area contributed by atoms with E-state index in [1.54, 1.807) is 30.3 Å². The van der Waals surface area contributed by atoms with E-state index in [0.717, 1.165) is 38.4 Å². The van der Waals surface area contributed by atoms with E-state index in [-0.39, 0.29) is 16.1 Å². The predicted molar refractivity (Wildman–Crippen MR) is 129 cm³/mol. The smallest absolute Gasteiger partial charge is 0.261 e. The Bertz CT molecular complexity index is 1230. The van der Waals surface area contributed by atoms with Crippen LogP contribution in [0.25, 0.3) is 0 Å². The fraction of sp³-hybridized carbons (Fsp3) is 0.208. The van der Waals surface area contributed by atoms with Crippen molar-refractivity contribution in [1.29, 1.82) is 0 Å². The van der Waals surface area contributed by atoms with Crippen LogP contribution in [0.4, 0.5) is 11.4 Å². The number of sulfonamides is 1. The number of amides is 1. The first kappa shape index (κ1) is 23.3. The lowest BCUT2D eigenvalue weighted by atomic mass is 10.1. The highest BCUT2D eigenvalue weighted by molar-refractivity contribution is 7.92. The van der Waals surface area contributed by atoms with Crippen molar-refractivity contribution in [2.24, 2.45) is 0 Å². The van der Waals surface area contributed by atoms with Crippen LogP contribution in [0.15, 0.2) is 77.7 Å². The van der Waals surface area contributed by atoms with Crippen molar-refractivity contribution in [3.05, 3.63) is 88.9 Å². The monoisotopic (exact) mass is 485 g/mol. The normalized spacial score (nSPS) is 14.6. The fourth-order valence-corrected chi connectivity index (χ4v) is 4.76. The van der Waals surface area contributed by atoms with E-state index >= 15 is 0 Å². The van der Waals surface area contributed by atoms with Gasteiger partial charge in [-0.05, 0) is 54.1 Å². The van der Waals surface area contributed by atoms with E-state index in [2.05, 4.69) is 14.9 Å². The molecule has 0 spiro atoms. The first-order valence-electron chi connectivity index (χ1n) is 10.5. The molecule has 4 rings (SSSR count). The number of para-hydroxylation sites is 1. The van der Waals surface area contributed by atoms with Gasteiger partial charge in [-0.3, -0.25) is 14.4 Å². The van der Waals surface area contributed by atoms with Crippen molar-refractivity contribution in [3.63, 3.8) is 0 Å². The van der Waals surface area contributed by atoms with Crippen LogP contribution in [0, 0.1) is 0 Å². The van der Waals surface area contributed by atoms with Gasteiger partial charge >= 0.3 is 0 Å². The minimum atomic E-state index is -3.89. The molecule has 0 saturated carbocycles. The summed E-state index contributed by atoms with van der Waals surface area (Å²) in [4.78, 5) is 15.4. The molecule has 1 amide bonds. The van der Waals surface area contributed by atoms with Gasteiger partial charge in [0.2, 0.25) is 0 Å². The summed E-state index contributed by atoms with van der Waals surface area (Å²) in [6.45, 7) is 3.96. The average Bonchev–Trinajstić information content (AvgIpc) is 2.80. The quantitative estimate of drug-likeness (QED) is 0.523. The summed E-state index contributed by atoms with van der Waals surface area (Å²) in [6, 6.07) is 19.9. The Morgan fingerprint density at radius 1 is 0.970 bits per heavy atom. The summed E-state index contributed by atoms with van der Waals surface area (Å²) >= 11 is 5.86. The number of halogens is 1. The minimum absolute atomic E-state index is 0.0536. The summed E-state index contributed by atoms with van der Waals surface area (Å²) in [7, 11) is -3.89. The molecule has 3 aromatic rings. The predicted octanol–water partition coefficient (Wildman–Crippen LogP) is 4.23. The van der Waals surface area contributed by atoms with Crippen molar-refractivity contribution in [2.45, 2.75) is 11.4 Å². The number of hydrogen-bond acceptors (Lipinski definition) is 5. The molecule has 3 aromatic carbocycles. The molecule has 0 atom stereocenters. The second-order valence-corrected chi connectivity index (χ2v) is 9.77. The van der Waals surface area contributed by atoms with Gasteiger partial charge in [0, 0.05) is 30.3 Å². The number of benzene rings is 3. The molecule has 1 heterocycles. The molecular formula is C24H24ClN3O4S. The zero-order valence-corrected chi connectivity index (χ0v) is 19.4. The lowest BCUT2D eigenvalue weighted by Crippen LogP contribution is -2.35. The maximum absolute atomic E-state index is 13.0. The first-order valence-corrected chi connectivity index (χ1v) is 12.3. The van der Waals surface area contributed by atoms with Crippen LogP contribution in [-0.4, -0.2) is 45.5 Å². The van der Waals surface area contributed by atoms with Crippen LogP contribution in [0.1, 0.15) is 15.9 Å². The molecule has 0 aliphatic carbocycles. The molecule has 2 N–H and O–H groups in total. The topological polar surface area (TPSA) is 87.7 Å². The van der Waals surface area contributed by atoms with Gasteiger partial charge in [0.25, 0.3) is 15.9 Å². The lowest BCUT2D eigenvalue weighted by molar-refractivity contribution is 0.0342. The molecule has 0 aromatic heterocycles. The Balaban J connectivity index is 1.49. The maximum atomic E-state index is 13.0. The van der Waals surface area contributed by atoms with Crippen LogP contribution >= 0.6 is 11.6 Å². The van der Waals surface area contributed by atoms with Gasteiger partial charge in [0.1, 0.15) is 0 Å². The maximum Gasteiger partial charge on any atom is 0.261 e. The van der Waals surface area contributed by atoms with E-state index in [4.69, 9.17) is 16.3 Å². The Labute approximate surface area is 198 Å². The zero-order chi connectivity index (χ0) is 23.3. The third kappa shape index (κ3) is 6.11. The van der Waals surface area contributed by atoms with Crippen LogP contribution in [-0.2, 0) is 21.3 Å². The third-order valence-electron chi connectivity index (χ3n) is 5.23. The number of hydrogen-bond donors (Lipinski definition) is 2. The van der Waals surface area contributed by atoms with Gasteiger partial charge in [0.05, 0.1) is 29.4 Å². The van der Waals surface area contributed by atoms with Gasteiger partial charge in [-0.25, -0.2) is 8.42 Å². The highest BCUT2D eigenvalue weighted by Crippen LogP contribution is 2.23. The molecule has 0 bridgehead atoms. The summed E-state index contributed by atoms with van der Waals surface area (Å²) in [6.07, 6.45) is 0. The fourth-order valence-electron chi connectivity index (χ4n) is 3.55. The SMILES string of the molecule is O=C(Nc1cccc(CN2CCOCC2)c1)c1ccccc1NS(=O)(=O)c1ccc(Cl)cc1. The molecule has 0 unspecified atom stereocenters. The van der Waals surface area contributed by atoms with E-state index in [1.807, 2.05) is 18.2 Å². The van der Waals surface area contributed by atoms with E-state index in [0.29, 0.717) is 10.7 Å². The lowest BCUT2D eigenvalue weighted by Gasteiger charge is -2.26. The number of carbonyl (C=O) groups is 1. The van der Waals surface area contributed by atoms with Crippen molar-refractivity contribution in [1.82, 2.24) is 4.90 Å². The number of ether oxygens (including phenoxy) is 1. The van der Waals surface area contributed by atoms with Crippen molar-refractivity contribution >= 4 is 38.9 Å². The standard InChI is InChI=1S/C24H24ClN3O4S/c25-19-8-10-21(11-9-19)33(30,31)27-23-7-2-1-6-22(23)24(29)26-20-5-3-4-18(16-20)17-28-12-14-32-15-13-28/h1-11,16,27H,12-15,17H2,(H,26,29). The van der Waals surface area contributed by atoms with Crippen LogP contribution in [0.3, 0.4) is 0 Å². The van der Waals surface area contributed by atoms with Crippen LogP contribution < -0.4 is 10.0 Å². The number of anilines is 2. The molecule has 33 heavy (non-hydrogen) atoms. The van der Waals surface area contributed by atoms with E-state index in [9.17, 15) is 13.2 Å². The Morgan fingerprint density at radius 2 is 1.70 bits per heavy atom. The number of nitrogens with one attached hydrogen (secondary N) is 2. The van der Waals surface area contributed by atoms with Crippen molar-refractivity contribution in [3.8, 4) is 0 Å². The van der Waals surface area contributed by atoms with Crippen LogP contribution in [0.5, 0.6) is 0 Å². The highest BCUT2D eigenvalue weighted by Gasteiger charge is 2.19. The molecule has 1 aliphatic heterocycles.